The van der Waals surface area contributed by atoms with Crippen LogP contribution < -0.4 is 15.1 Å². The molecule has 2 aromatic heterocycles. The molecule has 3 aromatic rings. The summed E-state index contributed by atoms with van der Waals surface area (Å²) in [6.45, 7) is 3.69. The van der Waals surface area contributed by atoms with Gasteiger partial charge in [0.05, 0.1) is 16.8 Å². The van der Waals surface area contributed by atoms with Crippen LogP contribution in [0, 0.1) is 0 Å². The Balaban J connectivity index is 1.90. The molecule has 0 bridgehead atoms. The number of benzene rings is 1. The van der Waals surface area contributed by atoms with Crippen molar-refractivity contribution in [2.75, 3.05) is 10.7 Å². The maximum Gasteiger partial charge on any atom is 0.325 e. The van der Waals surface area contributed by atoms with E-state index in [4.69, 9.17) is 5.10 Å². The molecule has 0 spiro atoms. The normalized spacial score (nSPS) is 14.9. The van der Waals surface area contributed by atoms with Crippen LogP contribution in [0.2, 0.25) is 0 Å². The van der Waals surface area contributed by atoms with E-state index in [1.807, 2.05) is 36.4 Å². The van der Waals surface area contributed by atoms with Gasteiger partial charge in [-0.3, -0.25) is 19.6 Å². The second-order valence-electron chi connectivity index (χ2n) is 7.17. The van der Waals surface area contributed by atoms with Crippen molar-refractivity contribution < 1.29 is 9.48 Å². The van der Waals surface area contributed by atoms with Gasteiger partial charge in [0, 0.05) is 30.2 Å². The summed E-state index contributed by atoms with van der Waals surface area (Å²) in [7, 11) is 0. The summed E-state index contributed by atoms with van der Waals surface area (Å²) in [5.41, 5.74) is 2.38. The number of unbranched alkanes of at least 4 members (excludes halogenated alkanes) is 2. The van der Waals surface area contributed by atoms with Gasteiger partial charge < -0.3 is 0 Å². The number of anilines is 1. The third-order valence-corrected chi connectivity index (χ3v) is 6.02. The minimum Gasteiger partial charge on any atom is -0.291 e. The van der Waals surface area contributed by atoms with Crippen molar-refractivity contribution in [3.8, 4) is 11.3 Å². The number of pyridine rings is 1. The van der Waals surface area contributed by atoms with Crippen molar-refractivity contribution in [1.82, 2.24) is 15.1 Å². The summed E-state index contributed by atoms with van der Waals surface area (Å²) in [5, 5.41) is 5.32. The number of aromatic amines is 1. The first kappa shape index (κ1) is 20.3. The van der Waals surface area contributed by atoms with Crippen LogP contribution in [0.5, 0.6) is 0 Å². The molecular formula is C22H24N5O2S+. The Morgan fingerprint density at radius 1 is 1.23 bits per heavy atom. The number of carbonyl (C=O) groups excluding carboxylic acids is 1. The van der Waals surface area contributed by atoms with E-state index < -0.39 is 6.17 Å². The first-order valence-electron chi connectivity index (χ1n) is 10.1. The molecule has 1 atom stereocenters. The van der Waals surface area contributed by atoms with Crippen LogP contribution in [-0.2, 0) is 4.79 Å². The predicted molar refractivity (Wildman–Crippen MR) is 116 cm³/mol. The third kappa shape index (κ3) is 3.75. The van der Waals surface area contributed by atoms with E-state index in [0.717, 1.165) is 30.6 Å². The van der Waals surface area contributed by atoms with Crippen molar-refractivity contribution >= 4 is 23.4 Å². The fourth-order valence-corrected chi connectivity index (χ4v) is 4.58. The molecule has 0 saturated carbocycles. The minimum absolute atomic E-state index is 0.131. The van der Waals surface area contributed by atoms with Crippen LogP contribution in [0.25, 0.3) is 11.3 Å². The maximum absolute atomic E-state index is 13.1. The van der Waals surface area contributed by atoms with Gasteiger partial charge in [0.15, 0.2) is 0 Å². The number of nitrogens with zero attached hydrogens (tertiary/aromatic N) is 4. The molecule has 1 aliphatic heterocycles. The fraction of sp³-hybridized carbons (Fsp3) is 0.318. The molecule has 1 aliphatic rings. The summed E-state index contributed by atoms with van der Waals surface area (Å²) < 4.78 is 1.67. The molecule has 0 aliphatic carbocycles. The molecular weight excluding hydrogens is 398 g/mol. The number of amides is 1. The summed E-state index contributed by atoms with van der Waals surface area (Å²) in [6, 6.07) is 11.2. The number of para-hydroxylation sites is 1. The molecule has 7 nitrogen and oxygen atoms in total. The van der Waals surface area contributed by atoms with Crippen LogP contribution >= 0.6 is 11.8 Å². The Bertz CT molecular complexity index is 1120. The van der Waals surface area contributed by atoms with E-state index in [9.17, 15) is 9.59 Å². The summed E-state index contributed by atoms with van der Waals surface area (Å²) in [4.78, 5) is 34.7. The lowest BCUT2D eigenvalue weighted by molar-refractivity contribution is -0.763. The summed E-state index contributed by atoms with van der Waals surface area (Å²) >= 11 is 1.53. The van der Waals surface area contributed by atoms with Crippen molar-refractivity contribution in [2.45, 2.75) is 44.4 Å². The Kier molecular flexibility index (Phi) is 5.94. The molecule has 0 fully saturated rings. The van der Waals surface area contributed by atoms with Gasteiger partial charge in [0.25, 0.3) is 6.17 Å². The maximum atomic E-state index is 13.1. The Labute approximate surface area is 179 Å². The Hall–Kier alpha value is -3.00. The zero-order valence-corrected chi connectivity index (χ0v) is 17.9. The number of carbonyl (C=O) groups is 1. The molecule has 1 aromatic carbocycles. The van der Waals surface area contributed by atoms with Crippen molar-refractivity contribution in [2.24, 2.45) is 0 Å². The summed E-state index contributed by atoms with van der Waals surface area (Å²) in [5.74, 6) is 0.745. The lowest BCUT2D eigenvalue weighted by atomic mass is 10.0. The van der Waals surface area contributed by atoms with E-state index in [-0.39, 0.29) is 11.5 Å². The molecule has 30 heavy (non-hydrogen) atoms. The van der Waals surface area contributed by atoms with Crippen molar-refractivity contribution in [3.63, 3.8) is 0 Å². The van der Waals surface area contributed by atoms with Gasteiger partial charge in [0.2, 0.25) is 11.1 Å². The van der Waals surface area contributed by atoms with Gasteiger partial charge in [-0.2, -0.15) is 0 Å². The van der Waals surface area contributed by atoms with Crippen molar-refractivity contribution in [3.05, 3.63) is 64.7 Å². The molecule has 1 N–H and O–H groups in total. The van der Waals surface area contributed by atoms with Gasteiger partial charge >= 0.3 is 11.3 Å². The summed E-state index contributed by atoms with van der Waals surface area (Å²) in [6.07, 6.45) is 6.14. The highest BCUT2D eigenvalue weighted by Gasteiger charge is 2.44. The third-order valence-electron chi connectivity index (χ3n) is 5.07. The van der Waals surface area contributed by atoms with Gasteiger partial charge in [0.1, 0.15) is 0 Å². The molecule has 1 unspecified atom stereocenters. The largest absolute Gasteiger partial charge is 0.325 e. The van der Waals surface area contributed by atoms with Crippen LogP contribution in [0.1, 0.15) is 44.8 Å². The zero-order chi connectivity index (χ0) is 21.1. The number of hydrogen-bond donors (Lipinski definition) is 1. The average Bonchev–Trinajstić information content (AvgIpc) is 2.76. The smallest absolute Gasteiger partial charge is 0.291 e. The lowest BCUT2D eigenvalue weighted by Gasteiger charge is -2.31. The van der Waals surface area contributed by atoms with E-state index in [0.29, 0.717) is 22.1 Å². The van der Waals surface area contributed by atoms with Gasteiger partial charge in [-0.15, -0.1) is 0 Å². The standard InChI is InChI=1S/C22H23N5O2S/c1-3-4-7-13-30-22-24-20(29)19-17-10-5-6-11-18(17)26(15(2)28)21(27(19)25-22)16-9-8-12-23-14-16/h5-6,8-12,14,21H,3-4,7,13H2,1-2H3/p+1. The van der Waals surface area contributed by atoms with Gasteiger partial charge in [-0.25, -0.2) is 4.90 Å². The molecule has 154 valence electrons. The Morgan fingerprint density at radius 2 is 2.07 bits per heavy atom. The average molecular weight is 423 g/mol. The van der Waals surface area contributed by atoms with Crippen LogP contribution in [-0.4, -0.2) is 26.7 Å². The highest BCUT2D eigenvalue weighted by atomic mass is 32.2. The lowest BCUT2D eigenvalue weighted by Crippen LogP contribution is -2.60. The minimum atomic E-state index is -0.585. The molecule has 1 amide bonds. The number of nitrogens with one attached hydrogen (secondary N) is 1. The monoisotopic (exact) mass is 422 g/mol. The number of thioether (sulfide) groups is 1. The Morgan fingerprint density at radius 3 is 2.80 bits per heavy atom. The molecule has 8 heteroatoms. The molecule has 3 heterocycles. The topological polar surface area (TPSA) is 82.8 Å². The van der Waals surface area contributed by atoms with Crippen LogP contribution in [0.15, 0.2) is 58.7 Å². The fourth-order valence-electron chi connectivity index (χ4n) is 3.73. The number of rotatable bonds is 6. The van der Waals surface area contributed by atoms with Crippen LogP contribution in [0.3, 0.4) is 0 Å². The van der Waals surface area contributed by atoms with E-state index in [1.165, 1.54) is 18.7 Å². The van der Waals surface area contributed by atoms with E-state index in [2.05, 4.69) is 16.9 Å². The SMILES string of the molecule is CCCCCSc1n[n+]2c(c(=O)[nH]1)-c1ccccc1N(C(C)=O)C2c1cccnc1. The van der Waals surface area contributed by atoms with E-state index in [1.54, 1.807) is 22.0 Å². The second-order valence-corrected chi connectivity index (χ2v) is 8.26. The molecule has 0 saturated heterocycles. The van der Waals surface area contributed by atoms with E-state index >= 15 is 0 Å². The quantitative estimate of drug-likeness (QED) is 0.374. The van der Waals surface area contributed by atoms with Gasteiger partial charge in [-0.1, -0.05) is 43.7 Å². The van der Waals surface area contributed by atoms with Gasteiger partial charge in [-0.05, 0) is 35.4 Å². The number of aromatic nitrogens is 4. The molecule has 0 radical (unpaired) electrons. The highest BCUT2D eigenvalue weighted by molar-refractivity contribution is 7.99. The highest BCUT2D eigenvalue weighted by Crippen LogP contribution is 2.36. The predicted octanol–water partition coefficient (Wildman–Crippen LogP) is 3.32. The first-order chi connectivity index (χ1) is 14.6. The van der Waals surface area contributed by atoms with Crippen molar-refractivity contribution in [1.29, 1.82) is 0 Å². The number of fused-ring (bicyclic) bond motifs is 3. The first-order valence-corrected chi connectivity index (χ1v) is 11.1. The van der Waals surface area contributed by atoms with Crippen LogP contribution in [0.4, 0.5) is 5.69 Å². The second kappa shape index (κ2) is 8.79. The molecule has 4 rings (SSSR count). The zero-order valence-electron chi connectivity index (χ0n) is 17.0. The number of hydrogen-bond acceptors (Lipinski definition) is 5. The number of H-pyrrole nitrogens is 1.